The van der Waals surface area contributed by atoms with Crippen LogP contribution in [-0.4, -0.2) is 42.0 Å². The van der Waals surface area contributed by atoms with E-state index in [1.165, 1.54) is 31.5 Å². The van der Waals surface area contributed by atoms with Crippen molar-refractivity contribution in [2.24, 2.45) is 0 Å². The molecule has 1 aromatic carbocycles. The van der Waals surface area contributed by atoms with Crippen molar-refractivity contribution in [1.29, 1.82) is 0 Å². The first-order chi connectivity index (χ1) is 13.1. The number of nitrogens with one attached hydrogen (secondary N) is 1. The Balaban J connectivity index is 1.37. The highest BCUT2D eigenvalue weighted by molar-refractivity contribution is 5.75. The largest absolute Gasteiger partial charge is 0.441 e. The summed E-state index contributed by atoms with van der Waals surface area (Å²) in [6.07, 6.45) is 5.77. The van der Waals surface area contributed by atoms with Gasteiger partial charge in [-0.25, -0.2) is 4.98 Å². The molecule has 2 aromatic rings. The van der Waals surface area contributed by atoms with E-state index in [4.69, 9.17) is 4.42 Å². The van der Waals surface area contributed by atoms with Crippen molar-refractivity contribution in [3.63, 3.8) is 0 Å². The fraction of sp³-hybridized carbons (Fsp3) is 0.545. The highest BCUT2D eigenvalue weighted by atomic mass is 16.4. The van der Waals surface area contributed by atoms with Gasteiger partial charge in [0, 0.05) is 18.5 Å². The smallest absolute Gasteiger partial charge is 0.226 e. The molecule has 3 rings (SSSR count). The van der Waals surface area contributed by atoms with Crippen LogP contribution in [0.3, 0.4) is 0 Å². The number of oxazole rings is 1. The summed E-state index contributed by atoms with van der Waals surface area (Å²) < 4.78 is 5.81. The summed E-state index contributed by atoms with van der Waals surface area (Å²) in [6, 6.07) is 8.17. The third kappa shape index (κ3) is 5.93. The Morgan fingerprint density at radius 3 is 2.63 bits per heavy atom. The van der Waals surface area contributed by atoms with Gasteiger partial charge in [0.25, 0.3) is 0 Å². The first-order valence-electron chi connectivity index (χ1n) is 10.1. The average Bonchev–Trinajstić information content (AvgIpc) is 3.30. The molecule has 1 N–H and O–H groups in total. The van der Waals surface area contributed by atoms with Gasteiger partial charge in [0.1, 0.15) is 5.76 Å². The van der Waals surface area contributed by atoms with Gasteiger partial charge in [-0.15, -0.1) is 0 Å². The summed E-state index contributed by atoms with van der Waals surface area (Å²) in [5.41, 5.74) is 3.16. The van der Waals surface area contributed by atoms with Crippen LogP contribution in [0, 0.1) is 13.8 Å². The van der Waals surface area contributed by atoms with E-state index in [0.29, 0.717) is 12.3 Å². The number of amides is 1. The summed E-state index contributed by atoms with van der Waals surface area (Å²) >= 11 is 0. The predicted molar refractivity (Wildman–Crippen MR) is 108 cm³/mol. The van der Waals surface area contributed by atoms with Crippen molar-refractivity contribution in [3.05, 3.63) is 41.3 Å². The molecule has 146 valence electrons. The lowest BCUT2D eigenvalue weighted by atomic mass is 10.1. The zero-order valence-corrected chi connectivity index (χ0v) is 16.6. The fourth-order valence-electron chi connectivity index (χ4n) is 3.52. The topological polar surface area (TPSA) is 58.4 Å². The monoisotopic (exact) mass is 369 g/mol. The maximum atomic E-state index is 12.0. The van der Waals surface area contributed by atoms with Gasteiger partial charge < -0.3 is 14.6 Å². The molecule has 0 aliphatic carbocycles. The zero-order chi connectivity index (χ0) is 19.1. The molecule has 2 heterocycles. The lowest BCUT2D eigenvalue weighted by Gasteiger charge is -2.14. The minimum absolute atomic E-state index is 0.135. The third-order valence-electron chi connectivity index (χ3n) is 5.18. The second-order valence-corrected chi connectivity index (χ2v) is 7.49. The van der Waals surface area contributed by atoms with Crippen LogP contribution in [0.25, 0.3) is 11.5 Å². The van der Waals surface area contributed by atoms with Gasteiger partial charge in [0.2, 0.25) is 11.8 Å². The van der Waals surface area contributed by atoms with Crippen LogP contribution in [0.1, 0.15) is 49.1 Å². The standard InChI is InChI=1S/C22H31N3O2/c1-17-9-11-19(12-10-17)22-24-20(18(2)27-22)7-5-8-21(26)23-13-6-16-25-14-3-4-15-25/h9-12H,3-8,13-16H2,1-2H3,(H,23,26). The van der Waals surface area contributed by atoms with E-state index in [0.717, 1.165) is 49.4 Å². The predicted octanol–water partition coefficient (Wildman–Crippen LogP) is 3.88. The number of hydrogen-bond acceptors (Lipinski definition) is 4. The Labute approximate surface area is 162 Å². The molecule has 0 atom stereocenters. The molecule has 1 aliphatic heterocycles. The molecule has 5 heteroatoms. The van der Waals surface area contributed by atoms with Crippen LogP contribution >= 0.6 is 0 Å². The molecule has 1 aliphatic rings. The number of benzene rings is 1. The van der Waals surface area contributed by atoms with E-state index < -0.39 is 0 Å². The van der Waals surface area contributed by atoms with Gasteiger partial charge in [-0.3, -0.25) is 4.79 Å². The average molecular weight is 370 g/mol. The molecule has 1 aromatic heterocycles. The molecule has 0 spiro atoms. The van der Waals surface area contributed by atoms with Crippen molar-refractivity contribution >= 4 is 5.91 Å². The Hall–Kier alpha value is -2.14. The maximum Gasteiger partial charge on any atom is 0.226 e. The zero-order valence-electron chi connectivity index (χ0n) is 16.6. The number of rotatable bonds is 9. The highest BCUT2D eigenvalue weighted by Crippen LogP contribution is 2.23. The van der Waals surface area contributed by atoms with Crippen LogP contribution in [0.4, 0.5) is 0 Å². The Morgan fingerprint density at radius 1 is 1.15 bits per heavy atom. The second-order valence-electron chi connectivity index (χ2n) is 7.49. The maximum absolute atomic E-state index is 12.0. The minimum Gasteiger partial charge on any atom is -0.441 e. The molecule has 0 saturated carbocycles. The normalized spacial score (nSPS) is 14.6. The van der Waals surface area contributed by atoms with Crippen molar-refractivity contribution in [2.75, 3.05) is 26.2 Å². The van der Waals surface area contributed by atoms with E-state index in [1.54, 1.807) is 0 Å². The number of likely N-dealkylation sites (tertiary alicyclic amines) is 1. The first kappa shape index (κ1) is 19.6. The third-order valence-corrected chi connectivity index (χ3v) is 5.18. The van der Waals surface area contributed by atoms with Gasteiger partial charge in [0.05, 0.1) is 5.69 Å². The Bertz CT molecular complexity index is 731. The van der Waals surface area contributed by atoms with Crippen LogP contribution in [0.5, 0.6) is 0 Å². The van der Waals surface area contributed by atoms with E-state index in [2.05, 4.69) is 34.3 Å². The quantitative estimate of drug-likeness (QED) is 0.682. The van der Waals surface area contributed by atoms with Crippen molar-refractivity contribution in [3.8, 4) is 11.5 Å². The molecule has 0 unspecified atom stereocenters. The number of aryl methyl sites for hydroxylation is 3. The Kier molecular flexibility index (Phi) is 7.04. The number of hydrogen-bond donors (Lipinski definition) is 1. The lowest BCUT2D eigenvalue weighted by Crippen LogP contribution is -2.28. The molecular formula is C22H31N3O2. The van der Waals surface area contributed by atoms with E-state index in [1.807, 2.05) is 19.1 Å². The minimum atomic E-state index is 0.135. The van der Waals surface area contributed by atoms with E-state index >= 15 is 0 Å². The highest BCUT2D eigenvalue weighted by Gasteiger charge is 2.13. The number of nitrogens with zero attached hydrogens (tertiary/aromatic N) is 2. The second kappa shape index (κ2) is 9.70. The molecular weight excluding hydrogens is 338 g/mol. The van der Waals surface area contributed by atoms with Crippen LogP contribution in [0.15, 0.2) is 28.7 Å². The number of aromatic nitrogens is 1. The van der Waals surface area contributed by atoms with Crippen LogP contribution in [0.2, 0.25) is 0 Å². The van der Waals surface area contributed by atoms with Crippen molar-refractivity contribution in [1.82, 2.24) is 15.2 Å². The van der Waals surface area contributed by atoms with E-state index in [9.17, 15) is 4.79 Å². The summed E-state index contributed by atoms with van der Waals surface area (Å²) in [5.74, 6) is 1.64. The van der Waals surface area contributed by atoms with E-state index in [-0.39, 0.29) is 5.91 Å². The molecule has 27 heavy (non-hydrogen) atoms. The SMILES string of the molecule is Cc1ccc(-c2nc(CCCC(=O)NCCCN3CCCC3)c(C)o2)cc1. The van der Waals surface area contributed by atoms with Gasteiger partial charge >= 0.3 is 0 Å². The molecule has 1 amide bonds. The van der Waals surface area contributed by atoms with Gasteiger partial charge in [-0.1, -0.05) is 17.7 Å². The first-order valence-corrected chi connectivity index (χ1v) is 10.1. The number of carbonyl (C=O) groups excluding carboxylic acids is 1. The molecule has 5 nitrogen and oxygen atoms in total. The molecule has 0 bridgehead atoms. The molecule has 1 saturated heterocycles. The number of carbonyl (C=O) groups is 1. The fourth-order valence-corrected chi connectivity index (χ4v) is 3.52. The lowest BCUT2D eigenvalue weighted by molar-refractivity contribution is -0.121. The van der Waals surface area contributed by atoms with Crippen molar-refractivity contribution < 1.29 is 9.21 Å². The molecule has 0 radical (unpaired) electrons. The van der Waals surface area contributed by atoms with Gasteiger partial charge in [-0.2, -0.15) is 0 Å². The summed E-state index contributed by atoms with van der Waals surface area (Å²) in [7, 11) is 0. The molecule has 1 fully saturated rings. The summed E-state index contributed by atoms with van der Waals surface area (Å²) in [6.45, 7) is 8.31. The summed E-state index contributed by atoms with van der Waals surface area (Å²) in [5, 5.41) is 3.03. The van der Waals surface area contributed by atoms with Gasteiger partial charge in [-0.05, 0) is 77.7 Å². The van der Waals surface area contributed by atoms with Crippen LogP contribution in [-0.2, 0) is 11.2 Å². The summed E-state index contributed by atoms with van der Waals surface area (Å²) in [4.78, 5) is 19.1. The van der Waals surface area contributed by atoms with Crippen molar-refractivity contribution in [2.45, 2.75) is 52.4 Å². The van der Waals surface area contributed by atoms with Gasteiger partial charge in [0.15, 0.2) is 0 Å². The van der Waals surface area contributed by atoms with Crippen LogP contribution < -0.4 is 5.32 Å². The Morgan fingerprint density at radius 2 is 1.89 bits per heavy atom.